The molecular formula is C11H18ClN. The van der Waals surface area contributed by atoms with Gasteiger partial charge in [-0.05, 0) is 37.5 Å². The molecule has 2 aliphatic rings. The van der Waals surface area contributed by atoms with Gasteiger partial charge in [0.15, 0.2) is 0 Å². The van der Waals surface area contributed by atoms with Gasteiger partial charge in [-0.3, -0.25) is 0 Å². The van der Waals surface area contributed by atoms with Crippen molar-refractivity contribution in [3.05, 3.63) is 10.6 Å². The van der Waals surface area contributed by atoms with Gasteiger partial charge < -0.3 is 5.73 Å². The van der Waals surface area contributed by atoms with E-state index in [-0.39, 0.29) is 0 Å². The Morgan fingerprint density at radius 2 is 2.15 bits per heavy atom. The Kier molecular flexibility index (Phi) is 2.66. The summed E-state index contributed by atoms with van der Waals surface area (Å²) in [4.78, 5) is 0. The Hall–Kier alpha value is -0.0100. The lowest BCUT2D eigenvalue weighted by molar-refractivity contribution is 0.289. The molecule has 0 bridgehead atoms. The van der Waals surface area contributed by atoms with E-state index in [0.29, 0.717) is 17.9 Å². The molecule has 1 nitrogen and oxygen atoms in total. The number of hydrogen-bond donors (Lipinski definition) is 1. The highest BCUT2D eigenvalue weighted by molar-refractivity contribution is 6.30. The third-order valence-electron chi connectivity index (χ3n) is 3.63. The molecule has 0 aromatic carbocycles. The molecule has 1 saturated carbocycles. The highest BCUT2D eigenvalue weighted by atomic mass is 35.5. The second-order valence-electron chi connectivity index (χ2n) is 4.54. The summed E-state index contributed by atoms with van der Waals surface area (Å²) >= 11 is 6.27. The Morgan fingerprint density at radius 3 is 2.92 bits per heavy atom. The van der Waals surface area contributed by atoms with E-state index in [4.69, 9.17) is 17.3 Å². The van der Waals surface area contributed by atoms with Gasteiger partial charge in [-0.2, -0.15) is 0 Å². The molecule has 0 radical (unpaired) electrons. The fourth-order valence-electron chi connectivity index (χ4n) is 2.75. The van der Waals surface area contributed by atoms with Crippen LogP contribution in [0.2, 0.25) is 0 Å². The highest BCUT2D eigenvalue weighted by Crippen LogP contribution is 2.42. The summed E-state index contributed by atoms with van der Waals surface area (Å²) in [7, 11) is 0. The smallest absolute Gasteiger partial charge is 0.0179 e. The zero-order chi connectivity index (χ0) is 9.42. The van der Waals surface area contributed by atoms with Crippen molar-refractivity contribution >= 4 is 11.6 Å². The third-order valence-corrected chi connectivity index (χ3v) is 4.03. The lowest BCUT2D eigenvalue weighted by atomic mass is 9.71. The summed E-state index contributed by atoms with van der Waals surface area (Å²) in [5, 5.41) is 1.12. The molecule has 2 rings (SSSR count). The SMILES string of the molecule is C[C@H]1CC(Cl)=C2CCCC[C@H]2[C@H]1N. The van der Waals surface area contributed by atoms with Gasteiger partial charge in [0, 0.05) is 11.1 Å². The monoisotopic (exact) mass is 199 g/mol. The Balaban J connectivity index is 2.26. The molecule has 0 aromatic heterocycles. The van der Waals surface area contributed by atoms with E-state index in [1.165, 1.54) is 31.3 Å². The standard InChI is InChI=1S/C11H18ClN/c1-7-6-10(12)8-4-2-3-5-9(8)11(7)13/h7,9,11H,2-6,13H2,1H3/t7-,9+,11-/m0/s1. The molecule has 74 valence electrons. The maximum atomic E-state index is 6.27. The van der Waals surface area contributed by atoms with Crippen LogP contribution in [0.25, 0.3) is 0 Å². The molecule has 0 heterocycles. The molecule has 0 unspecified atom stereocenters. The second-order valence-corrected chi connectivity index (χ2v) is 5.00. The van der Waals surface area contributed by atoms with Crippen molar-refractivity contribution < 1.29 is 0 Å². The summed E-state index contributed by atoms with van der Waals surface area (Å²) in [5.74, 6) is 1.17. The van der Waals surface area contributed by atoms with Gasteiger partial charge in [-0.15, -0.1) is 0 Å². The van der Waals surface area contributed by atoms with Gasteiger partial charge >= 0.3 is 0 Å². The summed E-state index contributed by atoms with van der Waals surface area (Å²) in [5.41, 5.74) is 7.69. The zero-order valence-electron chi connectivity index (χ0n) is 8.22. The van der Waals surface area contributed by atoms with Crippen LogP contribution in [0, 0.1) is 11.8 Å². The first-order chi connectivity index (χ1) is 6.20. The number of halogens is 1. The quantitative estimate of drug-likeness (QED) is 0.638. The van der Waals surface area contributed by atoms with Crippen molar-refractivity contribution in [1.29, 1.82) is 0 Å². The minimum Gasteiger partial charge on any atom is -0.327 e. The average Bonchev–Trinajstić information content (AvgIpc) is 2.15. The molecule has 0 amide bonds. The number of hydrogen-bond acceptors (Lipinski definition) is 1. The molecule has 1 fully saturated rings. The van der Waals surface area contributed by atoms with E-state index < -0.39 is 0 Å². The summed E-state index contributed by atoms with van der Waals surface area (Å²) in [6.45, 7) is 2.22. The predicted molar refractivity (Wildman–Crippen MR) is 56.6 cm³/mol. The molecule has 0 aromatic rings. The first-order valence-corrected chi connectivity index (χ1v) is 5.71. The molecule has 2 aliphatic carbocycles. The highest BCUT2D eigenvalue weighted by Gasteiger charge is 2.34. The van der Waals surface area contributed by atoms with E-state index in [2.05, 4.69) is 6.92 Å². The fraction of sp³-hybridized carbons (Fsp3) is 0.818. The minimum atomic E-state index is 0.359. The molecule has 2 heteroatoms. The van der Waals surface area contributed by atoms with Crippen molar-refractivity contribution in [2.45, 2.75) is 45.1 Å². The Labute approximate surface area is 85.3 Å². The number of nitrogens with two attached hydrogens (primary N) is 1. The number of allylic oxidation sites excluding steroid dienone is 1. The van der Waals surface area contributed by atoms with E-state index >= 15 is 0 Å². The molecule has 0 aliphatic heterocycles. The van der Waals surface area contributed by atoms with Crippen LogP contribution >= 0.6 is 11.6 Å². The second kappa shape index (κ2) is 3.62. The van der Waals surface area contributed by atoms with Crippen LogP contribution in [0.1, 0.15) is 39.0 Å². The first-order valence-electron chi connectivity index (χ1n) is 5.33. The van der Waals surface area contributed by atoms with Crippen molar-refractivity contribution in [2.24, 2.45) is 17.6 Å². The van der Waals surface area contributed by atoms with Gasteiger partial charge in [-0.1, -0.05) is 30.5 Å². The topological polar surface area (TPSA) is 26.0 Å². The van der Waals surface area contributed by atoms with Gasteiger partial charge in [0.1, 0.15) is 0 Å². The van der Waals surface area contributed by atoms with Crippen LogP contribution in [-0.4, -0.2) is 6.04 Å². The molecular weight excluding hydrogens is 182 g/mol. The average molecular weight is 200 g/mol. The van der Waals surface area contributed by atoms with E-state index in [0.717, 1.165) is 11.5 Å². The van der Waals surface area contributed by atoms with Gasteiger partial charge in [0.2, 0.25) is 0 Å². The maximum Gasteiger partial charge on any atom is 0.0179 e. The Bertz CT molecular complexity index is 234. The van der Waals surface area contributed by atoms with Crippen LogP contribution in [0.5, 0.6) is 0 Å². The normalized spacial score (nSPS) is 40.4. The number of fused-ring (bicyclic) bond motifs is 1. The molecule has 0 saturated heterocycles. The molecule has 0 spiro atoms. The van der Waals surface area contributed by atoms with Crippen LogP contribution in [0.15, 0.2) is 10.6 Å². The maximum absolute atomic E-state index is 6.27. The molecule has 13 heavy (non-hydrogen) atoms. The van der Waals surface area contributed by atoms with Gasteiger partial charge in [0.25, 0.3) is 0 Å². The fourth-order valence-corrected chi connectivity index (χ4v) is 3.23. The predicted octanol–water partition coefficient (Wildman–Crippen LogP) is 3.04. The van der Waals surface area contributed by atoms with Crippen LogP contribution in [0.4, 0.5) is 0 Å². The largest absolute Gasteiger partial charge is 0.327 e. The van der Waals surface area contributed by atoms with Crippen LogP contribution in [0.3, 0.4) is 0 Å². The summed E-state index contributed by atoms with van der Waals surface area (Å²) in [6, 6.07) is 0.359. The van der Waals surface area contributed by atoms with Crippen LogP contribution < -0.4 is 5.73 Å². The van der Waals surface area contributed by atoms with E-state index in [9.17, 15) is 0 Å². The third kappa shape index (κ3) is 1.64. The summed E-state index contributed by atoms with van der Waals surface area (Å²) < 4.78 is 0. The molecule has 2 N–H and O–H groups in total. The van der Waals surface area contributed by atoms with Gasteiger partial charge in [-0.25, -0.2) is 0 Å². The molecule has 3 atom stereocenters. The lowest BCUT2D eigenvalue weighted by Gasteiger charge is -2.38. The minimum absolute atomic E-state index is 0.359. The van der Waals surface area contributed by atoms with Crippen molar-refractivity contribution in [1.82, 2.24) is 0 Å². The van der Waals surface area contributed by atoms with E-state index in [1.54, 1.807) is 0 Å². The van der Waals surface area contributed by atoms with E-state index in [1.807, 2.05) is 0 Å². The summed E-state index contributed by atoms with van der Waals surface area (Å²) in [6.07, 6.45) is 6.11. The number of rotatable bonds is 0. The first kappa shape index (κ1) is 9.54. The lowest BCUT2D eigenvalue weighted by Crippen LogP contribution is -2.41. The Morgan fingerprint density at radius 1 is 1.38 bits per heavy atom. The van der Waals surface area contributed by atoms with Crippen molar-refractivity contribution in [2.75, 3.05) is 0 Å². The van der Waals surface area contributed by atoms with Crippen LogP contribution in [-0.2, 0) is 0 Å². The van der Waals surface area contributed by atoms with Gasteiger partial charge in [0.05, 0.1) is 0 Å². The van der Waals surface area contributed by atoms with Crippen molar-refractivity contribution in [3.8, 4) is 0 Å². The zero-order valence-corrected chi connectivity index (χ0v) is 8.98. The van der Waals surface area contributed by atoms with Crippen molar-refractivity contribution in [3.63, 3.8) is 0 Å².